The summed E-state index contributed by atoms with van der Waals surface area (Å²) in [6, 6.07) is 35.2. The highest BCUT2D eigenvalue weighted by molar-refractivity contribution is 6.01. The van der Waals surface area contributed by atoms with E-state index in [4.69, 9.17) is 4.98 Å². The number of hydrogen-bond acceptors (Lipinski definition) is 1. The van der Waals surface area contributed by atoms with Crippen LogP contribution in [0.2, 0.25) is 0 Å². The SMILES string of the molecule is CC(C)c1ccc2c(-c3cc(-c4ccccc4)c4c(c3)C(C)(C)C(c3ccccc3)=C4)nccc2c1. The molecule has 0 spiro atoms. The van der Waals surface area contributed by atoms with Gasteiger partial charge in [-0.15, -0.1) is 0 Å². The van der Waals surface area contributed by atoms with E-state index in [1.54, 1.807) is 0 Å². The van der Waals surface area contributed by atoms with Crippen LogP contribution in [0.25, 0.3) is 44.8 Å². The van der Waals surface area contributed by atoms with E-state index in [0.29, 0.717) is 5.92 Å². The van der Waals surface area contributed by atoms with Crippen molar-refractivity contribution in [2.75, 3.05) is 0 Å². The van der Waals surface area contributed by atoms with E-state index in [2.05, 4.69) is 131 Å². The Hall–Kier alpha value is -3.97. The summed E-state index contributed by atoms with van der Waals surface area (Å²) < 4.78 is 0. The molecule has 0 aliphatic heterocycles. The molecule has 0 saturated carbocycles. The molecule has 6 rings (SSSR count). The molecule has 176 valence electrons. The molecule has 36 heavy (non-hydrogen) atoms. The molecule has 0 bridgehead atoms. The van der Waals surface area contributed by atoms with Gasteiger partial charge in [-0.1, -0.05) is 107 Å². The minimum absolute atomic E-state index is 0.119. The van der Waals surface area contributed by atoms with E-state index < -0.39 is 0 Å². The van der Waals surface area contributed by atoms with Crippen LogP contribution in [0.3, 0.4) is 0 Å². The summed E-state index contributed by atoms with van der Waals surface area (Å²) in [7, 11) is 0. The zero-order valence-corrected chi connectivity index (χ0v) is 21.4. The molecular formula is C35H31N. The van der Waals surface area contributed by atoms with Gasteiger partial charge >= 0.3 is 0 Å². The molecule has 5 aromatic rings. The van der Waals surface area contributed by atoms with E-state index in [1.165, 1.54) is 55.3 Å². The summed E-state index contributed by atoms with van der Waals surface area (Å²) in [5.41, 5.74) is 11.3. The third-order valence-corrected chi connectivity index (χ3v) is 7.71. The van der Waals surface area contributed by atoms with Crippen molar-refractivity contribution in [3.05, 3.63) is 126 Å². The fraction of sp³-hybridized carbons (Fsp3) is 0.171. The van der Waals surface area contributed by atoms with E-state index >= 15 is 0 Å². The van der Waals surface area contributed by atoms with Gasteiger partial charge in [0, 0.05) is 22.6 Å². The van der Waals surface area contributed by atoms with Gasteiger partial charge in [-0.25, -0.2) is 0 Å². The molecular weight excluding hydrogens is 434 g/mol. The first kappa shape index (κ1) is 22.5. The van der Waals surface area contributed by atoms with Crippen LogP contribution in [0.4, 0.5) is 0 Å². The standard InChI is InChI=1S/C35H31N/c1-23(2)26-15-16-29-27(19-26)17-18-36-34(29)28-20-30(24-11-7-5-8-12-24)31-22-32(25-13-9-6-10-14-25)35(3,4)33(31)21-28/h5-23H,1-4H3. The molecule has 0 fully saturated rings. The normalized spacial score (nSPS) is 14.2. The predicted molar refractivity (Wildman–Crippen MR) is 154 cm³/mol. The molecule has 1 heteroatoms. The second-order valence-electron chi connectivity index (χ2n) is 10.7. The van der Waals surface area contributed by atoms with Gasteiger partial charge in [0.25, 0.3) is 0 Å². The van der Waals surface area contributed by atoms with Crippen molar-refractivity contribution in [3.63, 3.8) is 0 Å². The lowest BCUT2D eigenvalue weighted by molar-refractivity contribution is 0.704. The molecule has 1 aliphatic rings. The van der Waals surface area contributed by atoms with E-state index in [1.807, 2.05) is 6.20 Å². The summed E-state index contributed by atoms with van der Waals surface area (Å²) in [5.74, 6) is 0.499. The van der Waals surface area contributed by atoms with Gasteiger partial charge in [0.2, 0.25) is 0 Å². The first-order chi connectivity index (χ1) is 17.4. The largest absolute Gasteiger partial charge is 0.256 e. The highest BCUT2D eigenvalue weighted by Gasteiger charge is 2.35. The van der Waals surface area contributed by atoms with Crippen LogP contribution in [0, 0.1) is 0 Å². The van der Waals surface area contributed by atoms with Gasteiger partial charge < -0.3 is 0 Å². The first-order valence-electron chi connectivity index (χ1n) is 12.8. The molecule has 0 atom stereocenters. The highest BCUT2D eigenvalue weighted by atomic mass is 14.7. The minimum atomic E-state index is -0.119. The average Bonchev–Trinajstić information content (AvgIpc) is 3.18. The number of hydrogen-bond donors (Lipinski definition) is 0. The maximum atomic E-state index is 4.92. The minimum Gasteiger partial charge on any atom is -0.256 e. The lowest BCUT2D eigenvalue weighted by Gasteiger charge is -2.26. The van der Waals surface area contributed by atoms with Gasteiger partial charge in [-0.3, -0.25) is 4.98 Å². The number of aromatic nitrogens is 1. The Bertz CT molecular complexity index is 1610. The van der Waals surface area contributed by atoms with Gasteiger partial charge in [0.05, 0.1) is 5.69 Å². The molecule has 4 aromatic carbocycles. The molecule has 1 nitrogen and oxygen atoms in total. The van der Waals surface area contributed by atoms with Crippen LogP contribution in [0.15, 0.2) is 103 Å². The molecule has 1 aliphatic carbocycles. The molecule has 0 unspecified atom stereocenters. The summed E-state index contributed by atoms with van der Waals surface area (Å²) in [6.45, 7) is 9.19. The second kappa shape index (κ2) is 8.60. The Morgan fingerprint density at radius 1 is 0.694 bits per heavy atom. The van der Waals surface area contributed by atoms with Crippen molar-refractivity contribution < 1.29 is 0 Å². The van der Waals surface area contributed by atoms with Crippen molar-refractivity contribution in [2.24, 2.45) is 0 Å². The monoisotopic (exact) mass is 465 g/mol. The third-order valence-electron chi connectivity index (χ3n) is 7.71. The van der Waals surface area contributed by atoms with Gasteiger partial charge in [-0.2, -0.15) is 0 Å². The second-order valence-corrected chi connectivity index (χ2v) is 10.7. The smallest absolute Gasteiger partial charge is 0.0780 e. The lowest BCUT2D eigenvalue weighted by Crippen LogP contribution is -2.16. The van der Waals surface area contributed by atoms with E-state index in [-0.39, 0.29) is 5.41 Å². The topological polar surface area (TPSA) is 12.9 Å². The molecule has 0 amide bonds. The number of allylic oxidation sites excluding steroid dienone is 1. The Labute approximate surface area is 214 Å². The summed E-state index contributed by atoms with van der Waals surface area (Å²) >= 11 is 0. The highest BCUT2D eigenvalue weighted by Crippen LogP contribution is 2.50. The zero-order chi connectivity index (χ0) is 24.9. The number of nitrogens with zero attached hydrogens (tertiary/aromatic N) is 1. The lowest BCUT2D eigenvalue weighted by atomic mass is 9.77. The summed E-state index contributed by atoms with van der Waals surface area (Å²) in [4.78, 5) is 4.92. The van der Waals surface area contributed by atoms with Crippen LogP contribution >= 0.6 is 0 Å². The molecule has 1 heterocycles. The van der Waals surface area contributed by atoms with Crippen molar-refractivity contribution in [3.8, 4) is 22.4 Å². The fourth-order valence-corrected chi connectivity index (χ4v) is 5.64. The van der Waals surface area contributed by atoms with Gasteiger partial charge in [0.1, 0.15) is 0 Å². The van der Waals surface area contributed by atoms with Crippen molar-refractivity contribution in [1.29, 1.82) is 0 Å². The van der Waals surface area contributed by atoms with Crippen LogP contribution in [-0.4, -0.2) is 4.98 Å². The quantitative estimate of drug-likeness (QED) is 0.257. The maximum absolute atomic E-state index is 4.92. The van der Waals surface area contributed by atoms with E-state index in [9.17, 15) is 0 Å². The Kier molecular flexibility index (Phi) is 5.38. The predicted octanol–water partition coefficient (Wildman–Crippen LogP) is 9.52. The number of fused-ring (bicyclic) bond motifs is 2. The van der Waals surface area contributed by atoms with Gasteiger partial charge in [-0.05, 0) is 74.5 Å². The fourth-order valence-electron chi connectivity index (χ4n) is 5.64. The van der Waals surface area contributed by atoms with Crippen LogP contribution in [0.5, 0.6) is 0 Å². The molecule has 0 radical (unpaired) electrons. The molecule has 0 saturated heterocycles. The number of rotatable bonds is 4. The molecule has 1 aromatic heterocycles. The van der Waals surface area contributed by atoms with Crippen LogP contribution in [0.1, 0.15) is 55.9 Å². The Morgan fingerprint density at radius 2 is 1.39 bits per heavy atom. The number of benzene rings is 4. The third kappa shape index (κ3) is 3.67. The van der Waals surface area contributed by atoms with Crippen molar-refractivity contribution in [1.82, 2.24) is 4.98 Å². The van der Waals surface area contributed by atoms with E-state index in [0.717, 1.165) is 5.69 Å². The summed E-state index contributed by atoms with van der Waals surface area (Å²) in [6.07, 6.45) is 4.36. The van der Waals surface area contributed by atoms with Crippen LogP contribution in [-0.2, 0) is 5.41 Å². The van der Waals surface area contributed by atoms with Crippen molar-refractivity contribution >= 4 is 22.4 Å². The van der Waals surface area contributed by atoms with Crippen LogP contribution < -0.4 is 0 Å². The first-order valence-corrected chi connectivity index (χ1v) is 12.8. The summed E-state index contributed by atoms with van der Waals surface area (Å²) in [5, 5.41) is 2.45. The average molecular weight is 466 g/mol. The number of pyridine rings is 1. The maximum Gasteiger partial charge on any atom is 0.0780 e. The Morgan fingerprint density at radius 3 is 2.08 bits per heavy atom. The van der Waals surface area contributed by atoms with Crippen molar-refractivity contribution in [2.45, 2.75) is 39.0 Å². The zero-order valence-electron chi connectivity index (χ0n) is 21.4. The molecule has 0 N–H and O–H groups in total. The van der Waals surface area contributed by atoms with Gasteiger partial charge in [0.15, 0.2) is 0 Å². The Balaban J connectivity index is 1.60.